The average molecular weight is 362 g/mol. The number of amides is 2. The minimum atomic E-state index is -0.868. The molecule has 2 heterocycles. The van der Waals surface area contributed by atoms with Gasteiger partial charge in [0, 0.05) is 6.42 Å². The lowest BCUT2D eigenvalue weighted by molar-refractivity contribution is -0.135. The molecule has 2 aliphatic heterocycles. The number of hydrogen-bond donors (Lipinski definition) is 0. The number of esters is 1. The molecule has 138 valence electrons. The lowest BCUT2D eigenvalue weighted by Crippen LogP contribution is -2.58. The van der Waals surface area contributed by atoms with Gasteiger partial charge in [-0.15, -0.1) is 0 Å². The smallest absolute Gasteiger partial charge is 0.417 e. The molecule has 0 N–H and O–H groups in total. The standard InChI is InChI=1S/C17H18N2O7/c1-23-14(20)9-10-8-13-15(26-10)19(17(22)25-3)12-7-5-4-6-11(12)18(13)16(21)24-2/h4-7,9,13,15H,8H2,1-3H3/b10-9+/t13-,15+/m0/s1. The molecule has 1 fully saturated rings. The minimum absolute atomic E-state index is 0.205. The predicted octanol–water partition coefficient (Wildman–Crippen LogP) is 2.02. The van der Waals surface area contributed by atoms with Crippen molar-refractivity contribution in [2.45, 2.75) is 18.7 Å². The van der Waals surface area contributed by atoms with Crippen molar-refractivity contribution in [1.29, 1.82) is 0 Å². The van der Waals surface area contributed by atoms with Gasteiger partial charge in [0.05, 0.1) is 38.8 Å². The van der Waals surface area contributed by atoms with E-state index in [9.17, 15) is 14.4 Å². The van der Waals surface area contributed by atoms with Gasteiger partial charge < -0.3 is 18.9 Å². The normalized spacial score (nSPS) is 22.2. The van der Waals surface area contributed by atoms with Crippen LogP contribution >= 0.6 is 0 Å². The van der Waals surface area contributed by atoms with Crippen LogP contribution in [0, 0.1) is 0 Å². The third kappa shape index (κ3) is 2.81. The molecule has 0 radical (unpaired) electrons. The lowest BCUT2D eigenvalue weighted by atomic mass is 10.0. The number of methoxy groups -OCH3 is 3. The first-order chi connectivity index (χ1) is 12.5. The molecular formula is C17H18N2O7. The summed E-state index contributed by atoms with van der Waals surface area (Å²) < 4.78 is 20.2. The summed E-state index contributed by atoms with van der Waals surface area (Å²) in [6.45, 7) is 0. The Bertz CT molecular complexity index is 723. The van der Waals surface area contributed by atoms with Crippen molar-refractivity contribution in [3.63, 3.8) is 0 Å². The van der Waals surface area contributed by atoms with Gasteiger partial charge in [0.1, 0.15) is 11.8 Å². The van der Waals surface area contributed by atoms with E-state index in [-0.39, 0.29) is 6.42 Å². The van der Waals surface area contributed by atoms with Crippen molar-refractivity contribution in [2.24, 2.45) is 0 Å². The van der Waals surface area contributed by atoms with Gasteiger partial charge >= 0.3 is 18.2 Å². The number of rotatable bonds is 1. The Morgan fingerprint density at radius 2 is 1.58 bits per heavy atom. The van der Waals surface area contributed by atoms with Crippen molar-refractivity contribution in [3.05, 3.63) is 36.1 Å². The van der Waals surface area contributed by atoms with Crippen molar-refractivity contribution < 1.29 is 33.3 Å². The number of carbonyl (C=O) groups excluding carboxylic acids is 3. The molecule has 1 aromatic rings. The molecule has 0 aromatic heterocycles. The fourth-order valence-electron chi connectivity index (χ4n) is 3.14. The first-order valence-corrected chi connectivity index (χ1v) is 7.80. The molecule has 9 nitrogen and oxygen atoms in total. The molecule has 3 rings (SSSR count). The van der Waals surface area contributed by atoms with E-state index < -0.39 is 30.4 Å². The summed E-state index contributed by atoms with van der Waals surface area (Å²) in [5.74, 6) is -0.298. The maximum Gasteiger partial charge on any atom is 0.417 e. The Morgan fingerprint density at radius 1 is 1.00 bits per heavy atom. The number of benzene rings is 1. The van der Waals surface area contributed by atoms with E-state index >= 15 is 0 Å². The molecule has 0 aliphatic carbocycles. The van der Waals surface area contributed by atoms with Gasteiger partial charge in [0.25, 0.3) is 0 Å². The Kier molecular flexibility index (Phi) is 4.70. The zero-order valence-corrected chi connectivity index (χ0v) is 14.5. The molecule has 0 saturated carbocycles. The summed E-state index contributed by atoms with van der Waals surface area (Å²) in [7, 11) is 3.78. The number of anilines is 2. The molecule has 0 spiro atoms. The van der Waals surface area contributed by atoms with E-state index in [1.165, 1.54) is 37.2 Å². The Balaban J connectivity index is 2.11. The summed E-state index contributed by atoms with van der Waals surface area (Å²) in [6, 6.07) is 6.24. The van der Waals surface area contributed by atoms with Crippen molar-refractivity contribution in [2.75, 3.05) is 31.1 Å². The number of hydrogen-bond acceptors (Lipinski definition) is 7. The van der Waals surface area contributed by atoms with Gasteiger partial charge in [-0.2, -0.15) is 0 Å². The SMILES string of the molecule is COC(=O)/C=C1\C[C@H]2[C@@H](O1)N(C(=O)OC)c1ccccc1N2C(=O)OC. The second kappa shape index (κ2) is 6.95. The molecule has 2 aliphatic rings. The van der Waals surface area contributed by atoms with Crippen LogP contribution in [0.1, 0.15) is 6.42 Å². The highest BCUT2D eigenvalue weighted by molar-refractivity contribution is 6.01. The molecule has 26 heavy (non-hydrogen) atoms. The van der Waals surface area contributed by atoms with E-state index in [0.717, 1.165) is 0 Å². The number of para-hydroxylation sites is 2. The van der Waals surface area contributed by atoms with Gasteiger partial charge in [0.15, 0.2) is 0 Å². The lowest BCUT2D eigenvalue weighted by Gasteiger charge is -2.42. The molecule has 2 amide bonds. The van der Waals surface area contributed by atoms with Crippen LogP contribution in [-0.4, -0.2) is 51.8 Å². The van der Waals surface area contributed by atoms with Crippen molar-refractivity contribution in [3.8, 4) is 0 Å². The minimum Gasteiger partial charge on any atom is -0.472 e. The van der Waals surface area contributed by atoms with Crippen LogP contribution in [-0.2, 0) is 23.7 Å². The van der Waals surface area contributed by atoms with Crippen molar-refractivity contribution in [1.82, 2.24) is 0 Å². The van der Waals surface area contributed by atoms with Gasteiger partial charge in [0.2, 0.25) is 6.23 Å². The number of carbonyl (C=O) groups is 3. The van der Waals surface area contributed by atoms with Crippen LogP contribution in [0.3, 0.4) is 0 Å². The molecule has 2 atom stereocenters. The van der Waals surface area contributed by atoms with Gasteiger partial charge in [-0.3, -0.25) is 4.90 Å². The summed E-state index contributed by atoms with van der Waals surface area (Å²) >= 11 is 0. The van der Waals surface area contributed by atoms with E-state index in [1.54, 1.807) is 24.3 Å². The number of ether oxygens (including phenoxy) is 4. The highest BCUT2D eigenvalue weighted by Gasteiger charge is 2.51. The molecule has 1 saturated heterocycles. The highest BCUT2D eigenvalue weighted by atomic mass is 16.6. The number of nitrogens with zero attached hydrogens (tertiary/aromatic N) is 2. The topological polar surface area (TPSA) is 94.6 Å². The summed E-state index contributed by atoms with van der Waals surface area (Å²) in [6.07, 6.45) is -0.714. The summed E-state index contributed by atoms with van der Waals surface area (Å²) in [5, 5.41) is 0. The highest BCUT2D eigenvalue weighted by Crippen LogP contribution is 2.44. The summed E-state index contributed by atoms with van der Waals surface area (Å²) in [5.41, 5.74) is 0.916. The first-order valence-electron chi connectivity index (χ1n) is 7.80. The van der Waals surface area contributed by atoms with Crippen LogP contribution in [0.25, 0.3) is 0 Å². The van der Waals surface area contributed by atoms with Crippen LogP contribution in [0.2, 0.25) is 0 Å². The monoisotopic (exact) mass is 362 g/mol. The molecular weight excluding hydrogens is 344 g/mol. The predicted molar refractivity (Wildman–Crippen MR) is 89.6 cm³/mol. The third-order valence-corrected chi connectivity index (χ3v) is 4.22. The largest absolute Gasteiger partial charge is 0.472 e. The number of fused-ring (bicyclic) bond motifs is 2. The van der Waals surface area contributed by atoms with E-state index in [4.69, 9.17) is 14.2 Å². The second-order valence-corrected chi connectivity index (χ2v) is 5.58. The Hall–Kier alpha value is -3.23. The maximum absolute atomic E-state index is 12.4. The maximum atomic E-state index is 12.4. The Labute approximate surface area is 149 Å². The molecule has 9 heteroatoms. The first kappa shape index (κ1) is 17.6. The van der Waals surface area contributed by atoms with Gasteiger partial charge in [-0.25, -0.2) is 19.3 Å². The zero-order chi connectivity index (χ0) is 18.8. The quantitative estimate of drug-likeness (QED) is 0.428. The average Bonchev–Trinajstić information content (AvgIpc) is 3.06. The van der Waals surface area contributed by atoms with Crippen molar-refractivity contribution >= 4 is 29.5 Å². The van der Waals surface area contributed by atoms with E-state index in [0.29, 0.717) is 17.1 Å². The van der Waals surface area contributed by atoms with Gasteiger partial charge in [-0.05, 0) is 12.1 Å². The Morgan fingerprint density at radius 3 is 2.15 bits per heavy atom. The van der Waals surface area contributed by atoms with Gasteiger partial charge in [-0.1, -0.05) is 12.1 Å². The van der Waals surface area contributed by atoms with Crippen LogP contribution in [0.4, 0.5) is 21.0 Å². The fraction of sp³-hybridized carbons (Fsp3) is 0.353. The van der Waals surface area contributed by atoms with Crippen LogP contribution in [0.15, 0.2) is 36.1 Å². The molecule has 0 bridgehead atoms. The van der Waals surface area contributed by atoms with Crippen LogP contribution in [0.5, 0.6) is 0 Å². The third-order valence-electron chi connectivity index (χ3n) is 4.22. The summed E-state index contributed by atoms with van der Waals surface area (Å²) in [4.78, 5) is 39.1. The zero-order valence-electron chi connectivity index (χ0n) is 14.5. The van der Waals surface area contributed by atoms with E-state index in [2.05, 4.69) is 4.74 Å². The van der Waals surface area contributed by atoms with E-state index in [1.807, 2.05) is 0 Å². The molecule has 1 aromatic carbocycles. The molecule has 0 unspecified atom stereocenters. The second-order valence-electron chi connectivity index (χ2n) is 5.58. The fourth-order valence-corrected chi connectivity index (χ4v) is 3.14. The van der Waals surface area contributed by atoms with Crippen LogP contribution < -0.4 is 9.80 Å².